The Kier molecular flexibility index (Phi) is 7.17. The molecule has 2 amide bonds. The number of hydrazine groups is 1. The number of unbranched alkanes of at least 4 members (excludes halogenated alkanes) is 3. The lowest BCUT2D eigenvalue weighted by molar-refractivity contribution is -0.119. The summed E-state index contributed by atoms with van der Waals surface area (Å²) in [6.07, 6.45) is 4.65. The maximum absolute atomic E-state index is 11.6. The summed E-state index contributed by atoms with van der Waals surface area (Å²) in [7, 11) is 0. The van der Waals surface area contributed by atoms with Gasteiger partial charge in [-0.05, 0) is 30.7 Å². The first-order chi connectivity index (χ1) is 9.63. The molecule has 0 spiro atoms. The van der Waals surface area contributed by atoms with Gasteiger partial charge in [-0.2, -0.15) is 0 Å². The Balaban J connectivity index is 2.36. The molecule has 0 atom stereocenters. The standard InChI is InChI=1S/C15H22N2O3/c1-3-4-5-6-11-20-14-9-7-13(8-10-14)15(19)17-16-12(2)18/h7-10H,3-6,11H2,1-2H3,(H,16,18)(H,17,19). The number of benzene rings is 1. The number of ether oxygens (including phenoxy) is 1. The third-order valence-electron chi connectivity index (χ3n) is 2.74. The largest absolute Gasteiger partial charge is 0.494 e. The van der Waals surface area contributed by atoms with Gasteiger partial charge in [-0.1, -0.05) is 26.2 Å². The Morgan fingerprint density at radius 1 is 1.05 bits per heavy atom. The van der Waals surface area contributed by atoms with Gasteiger partial charge in [0.1, 0.15) is 5.75 Å². The molecule has 0 heterocycles. The molecule has 5 heteroatoms. The molecule has 0 aliphatic carbocycles. The van der Waals surface area contributed by atoms with E-state index in [4.69, 9.17) is 4.74 Å². The van der Waals surface area contributed by atoms with Gasteiger partial charge in [0.15, 0.2) is 0 Å². The lowest BCUT2D eigenvalue weighted by Gasteiger charge is -2.08. The molecule has 0 saturated heterocycles. The van der Waals surface area contributed by atoms with Crippen LogP contribution in [0.2, 0.25) is 0 Å². The summed E-state index contributed by atoms with van der Waals surface area (Å²) in [6.45, 7) is 4.19. The molecule has 0 aliphatic rings. The van der Waals surface area contributed by atoms with E-state index in [2.05, 4.69) is 17.8 Å². The predicted octanol–water partition coefficient (Wildman–Crippen LogP) is 2.43. The molecule has 0 unspecified atom stereocenters. The van der Waals surface area contributed by atoms with E-state index in [1.807, 2.05) is 0 Å². The molecule has 0 saturated carbocycles. The lowest BCUT2D eigenvalue weighted by Crippen LogP contribution is -2.40. The molecule has 0 aliphatic heterocycles. The Labute approximate surface area is 119 Å². The second kappa shape index (κ2) is 8.96. The van der Waals surface area contributed by atoms with Gasteiger partial charge in [-0.15, -0.1) is 0 Å². The Bertz CT molecular complexity index is 429. The molecule has 1 rings (SSSR count). The number of nitrogens with one attached hydrogen (secondary N) is 2. The highest BCUT2D eigenvalue weighted by Gasteiger charge is 2.05. The molecular formula is C15H22N2O3. The fourth-order valence-electron chi connectivity index (χ4n) is 1.64. The normalized spacial score (nSPS) is 9.90. The van der Waals surface area contributed by atoms with Crippen molar-refractivity contribution in [1.29, 1.82) is 0 Å². The van der Waals surface area contributed by atoms with Crippen molar-refractivity contribution in [2.45, 2.75) is 39.5 Å². The number of rotatable bonds is 7. The first-order valence-electron chi connectivity index (χ1n) is 6.93. The first kappa shape index (κ1) is 16.0. The number of hydrogen-bond donors (Lipinski definition) is 2. The van der Waals surface area contributed by atoms with Crippen LogP contribution >= 0.6 is 0 Å². The van der Waals surface area contributed by atoms with Crippen molar-refractivity contribution in [3.8, 4) is 5.75 Å². The van der Waals surface area contributed by atoms with Gasteiger partial charge in [-0.25, -0.2) is 0 Å². The van der Waals surface area contributed by atoms with Crippen LogP contribution in [0.25, 0.3) is 0 Å². The lowest BCUT2D eigenvalue weighted by atomic mass is 10.2. The van der Waals surface area contributed by atoms with Gasteiger partial charge in [0, 0.05) is 12.5 Å². The third kappa shape index (κ3) is 6.22. The third-order valence-corrected chi connectivity index (χ3v) is 2.74. The first-order valence-corrected chi connectivity index (χ1v) is 6.93. The summed E-state index contributed by atoms with van der Waals surface area (Å²) in [6, 6.07) is 6.84. The Hall–Kier alpha value is -2.04. The van der Waals surface area contributed by atoms with Crippen molar-refractivity contribution in [2.24, 2.45) is 0 Å². The van der Waals surface area contributed by atoms with E-state index in [1.165, 1.54) is 26.2 Å². The van der Waals surface area contributed by atoms with E-state index in [1.54, 1.807) is 24.3 Å². The minimum atomic E-state index is -0.352. The summed E-state index contributed by atoms with van der Waals surface area (Å²) in [5.41, 5.74) is 5.02. The monoisotopic (exact) mass is 278 g/mol. The van der Waals surface area contributed by atoms with Crippen molar-refractivity contribution >= 4 is 11.8 Å². The SMILES string of the molecule is CCCCCCOc1ccc(C(=O)NNC(C)=O)cc1. The minimum Gasteiger partial charge on any atom is -0.494 e. The summed E-state index contributed by atoms with van der Waals surface area (Å²) in [5, 5.41) is 0. The van der Waals surface area contributed by atoms with Crippen LogP contribution < -0.4 is 15.6 Å². The minimum absolute atomic E-state index is 0.314. The summed E-state index contributed by atoms with van der Waals surface area (Å²) >= 11 is 0. The zero-order chi connectivity index (χ0) is 14.8. The number of amides is 2. The predicted molar refractivity (Wildman–Crippen MR) is 77.4 cm³/mol. The van der Waals surface area contributed by atoms with Crippen LogP contribution in [0.3, 0.4) is 0 Å². The molecule has 1 aromatic rings. The van der Waals surface area contributed by atoms with Crippen LogP contribution in [-0.2, 0) is 4.79 Å². The summed E-state index contributed by atoms with van der Waals surface area (Å²) in [4.78, 5) is 22.3. The number of carbonyl (C=O) groups is 2. The van der Waals surface area contributed by atoms with Crippen molar-refractivity contribution in [2.75, 3.05) is 6.61 Å². The molecule has 0 fully saturated rings. The molecule has 0 radical (unpaired) electrons. The zero-order valence-electron chi connectivity index (χ0n) is 12.1. The van der Waals surface area contributed by atoms with Gasteiger partial charge >= 0.3 is 0 Å². The van der Waals surface area contributed by atoms with Crippen LogP contribution in [0.4, 0.5) is 0 Å². The highest BCUT2D eigenvalue weighted by Crippen LogP contribution is 2.13. The maximum Gasteiger partial charge on any atom is 0.269 e. The average Bonchev–Trinajstić information content (AvgIpc) is 2.45. The molecule has 5 nitrogen and oxygen atoms in total. The summed E-state index contributed by atoms with van der Waals surface area (Å²) in [5.74, 6) is 0.0812. The van der Waals surface area contributed by atoms with Crippen molar-refractivity contribution in [1.82, 2.24) is 10.9 Å². The van der Waals surface area contributed by atoms with Crippen molar-refractivity contribution in [3.05, 3.63) is 29.8 Å². The Morgan fingerprint density at radius 2 is 1.75 bits per heavy atom. The van der Waals surface area contributed by atoms with Crippen LogP contribution in [0.1, 0.15) is 49.9 Å². The number of carbonyl (C=O) groups excluding carboxylic acids is 2. The van der Waals surface area contributed by atoms with Gasteiger partial charge in [0.05, 0.1) is 6.61 Å². The van der Waals surface area contributed by atoms with Crippen molar-refractivity contribution in [3.63, 3.8) is 0 Å². The molecule has 110 valence electrons. The quantitative estimate of drug-likeness (QED) is 0.594. The highest BCUT2D eigenvalue weighted by atomic mass is 16.5. The molecule has 20 heavy (non-hydrogen) atoms. The van der Waals surface area contributed by atoms with Crippen molar-refractivity contribution < 1.29 is 14.3 Å². The van der Waals surface area contributed by atoms with E-state index < -0.39 is 0 Å². The van der Waals surface area contributed by atoms with E-state index in [-0.39, 0.29) is 11.8 Å². The van der Waals surface area contributed by atoms with E-state index >= 15 is 0 Å². The van der Waals surface area contributed by atoms with E-state index in [0.29, 0.717) is 12.2 Å². The van der Waals surface area contributed by atoms with Gasteiger partial charge in [0.25, 0.3) is 5.91 Å². The van der Waals surface area contributed by atoms with Crippen LogP contribution in [0.15, 0.2) is 24.3 Å². The number of hydrogen-bond acceptors (Lipinski definition) is 3. The van der Waals surface area contributed by atoms with Gasteiger partial charge < -0.3 is 4.74 Å². The van der Waals surface area contributed by atoms with E-state index in [9.17, 15) is 9.59 Å². The second-order valence-electron chi connectivity index (χ2n) is 4.57. The van der Waals surface area contributed by atoms with Gasteiger partial charge in [0.2, 0.25) is 5.91 Å². The van der Waals surface area contributed by atoms with Crippen LogP contribution in [0, 0.1) is 0 Å². The highest BCUT2D eigenvalue weighted by molar-refractivity contribution is 5.95. The molecule has 2 N–H and O–H groups in total. The second-order valence-corrected chi connectivity index (χ2v) is 4.57. The Morgan fingerprint density at radius 3 is 2.35 bits per heavy atom. The summed E-state index contributed by atoms with van der Waals surface area (Å²) < 4.78 is 5.58. The average molecular weight is 278 g/mol. The fraction of sp³-hybridized carbons (Fsp3) is 0.467. The maximum atomic E-state index is 11.6. The van der Waals surface area contributed by atoms with E-state index in [0.717, 1.165) is 12.2 Å². The molecule has 1 aromatic carbocycles. The smallest absolute Gasteiger partial charge is 0.269 e. The van der Waals surface area contributed by atoms with Crippen LogP contribution in [-0.4, -0.2) is 18.4 Å². The molecular weight excluding hydrogens is 256 g/mol. The molecule has 0 aromatic heterocycles. The fourth-order valence-corrected chi connectivity index (χ4v) is 1.64. The van der Waals surface area contributed by atoms with Crippen LogP contribution in [0.5, 0.6) is 5.75 Å². The topological polar surface area (TPSA) is 67.4 Å². The zero-order valence-corrected chi connectivity index (χ0v) is 12.1. The molecule has 0 bridgehead atoms. The van der Waals surface area contributed by atoms with Gasteiger partial charge in [-0.3, -0.25) is 20.4 Å².